The minimum absolute atomic E-state index is 0. The first-order valence-corrected chi connectivity index (χ1v) is 6.02. The summed E-state index contributed by atoms with van der Waals surface area (Å²) >= 11 is 0. The van der Waals surface area contributed by atoms with Gasteiger partial charge in [-0.2, -0.15) is 0 Å². The zero-order valence-corrected chi connectivity index (χ0v) is 14.2. The fraction of sp³-hybridized carbons (Fsp3) is 0.500. The van der Waals surface area contributed by atoms with E-state index in [1.807, 2.05) is 0 Å². The summed E-state index contributed by atoms with van der Waals surface area (Å²) in [5, 5.41) is 26.7. The number of carboxylic acids is 3. The van der Waals surface area contributed by atoms with Gasteiger partial charge in [0.25, 0.3) is 0 Å². The molecular weight excluding hydrogens is 365 g/mol. The van der Waals surface area contributed by atoms with Crippen molar-refractivity contribution in [2.45, 2.75) is 46.5 Å². The van der Waals surface area contributed by atoms with Gasteiger partial charge in [0.1, 0.15) is 0 Å². The van der Waals surface area contributed by atoms with E-state index in [0.29, 0.717) is 0 Å². The molecule has 0 aromatic heterocycles. The van der Waals surface area contributed by atoms with Crippen molar-refractivity contribution in [2.75, 3.05) is 0 Å². The molecule has 1 aliphatic carbocycles. The Morgan fingerprint density at radius 2 is 0.714 bits per heavy atom. The van der Waals surface area contributed by atoms with Crippen molar-refractivity contribution in [2.24, 2.45) is 0 Å². The Morgan fingerprint density at radius 1 is 0.619 bits per heavy atom. The van der Waals surface area contributed by atoms with Crippen LogP contribution in [0.25, 0.3) is 0 Å². The van der Waals surface area contributed by atoms with Crippen LogP contribution in [0.1, 0.15) is 46.5 Å². The molecule has 0 saturated heterocycles. The predicted molar refractivity (Wildman–Crippen MR) is 68.8 cm³/mol. The Balaban J connectivity index is -0.0000000973. The van der Waals surface area contributed by atoms with Gasteiger partial charge in [-0.25, -0.2) is 0 Å². The maximum absolute atomic E-state index is 8.89. The van der Waals surface area contributed by atoms with E-state index in [2.05, 4.69) is 24.3 Å². The van der Waals surface area contributed by atoms with Gasteiger partial charge in [0, 0.05) is 17.9 Å². The second kappa shape index (κ2) is 23.6. The van der Waals surface area contributed by atoms with Crippen molar-refractivity contribution in [3.63, 3.8) is 0 Å². The first kappa shape index (κ1) is 27.8. The first-order valence-electron chi connectivity index (χ1n) is 6.02. The van der Waals surface area contributed by atoms with Crippen molar-refractivity contribution >= 4 is 17.9 Å². The molecule has 121 valence electrons. The topological polar surface area (TPSA) is 120 Å². The largest absolute Gasteiger partial charge is 3.00 e. The average molecular weight is 386 g/mol. The third-order valence-electron chi connectivity index (χ3n) is 1.33. The summed E-state index contributed by atoms with van der Waals surface area (Å²) in [7, 11) is 0. The quantitative estimate of drug-likeness (QED) is 0.386. The number of rotatable bonds is 0. The molecule has 0 N–H and O–H groups in total. The summed E-state index contributed by atoms with van der Waals surface area (Å²) in [6.07, 6.45) is 14.0. The minimum atomic E-state index is -1.08. The number of carboxylic acid groups (broad SMARTS) is 3. The van der Waals surface area contributed by atoms with Gasteiger partial charge in [-0.1, -0.05) is 24.3 Å². The Hall–Kier alpha value is -1.49. The Bertz CT molecular complexity index is 257. The number of hydrogen-bond acceptors (Lipinski definition) is 6. The van der Waals surface area contributed by atoms with Crippen LogP contribution in [0.15, 0.2) is 24.3 Å². The zero-order valence-electron chi connectivity index (χ0n) is 12.4. The van der Waals surface area contributed by atoms with Crippen LogP contribution in [0.2, 0.25) is 0 Å². The number of hydrogen-bond donors (Lipinski definition) is 0. The Labute approximate surface area is 138 Å². The molecule has 0 amide bonds. The monoisotopic (exact) mass is 387 g/mol. The van der Waals surface area contributed by atoms with Gasteiger partial charge in [0.15, 0.2) is 0 Å². The molecule has 6 nitrogen and oxygen atoms in total. The molecule has 7 heteroatoms. The van der Waals surface area contributed by atoms with E-state index in [0.717, 1.165) is 20.8 Å². The maximum Gasteiger partial charge on any atom is 3.00 e. The van der Waals surface area contributed by atoms with Crippen molar-refractivity contribution in [1.29, 1.82) is 0 Å². The van der Waals surface area contributed by atoms with Crippen LogP contribution in [-0.4, -0.2) is 17.9 Å². The van der Waals surface area contributed by atoms with Crippen LogP contribution in [0.4, 0.5) is 0 Å². The zero-order chi connectivity index (χ0) is 16.4. The van der Waals surface area contributed by atoms with E-state index in [-0.39, 0.29) is 19.5 Å². The van der Waals surface area contributed by atoms with Crippen LogP contribution in [0.5, 0.6) is 0 Å². The molecule has 1 rings (SSSR count). The van der Waals surface area contributed by atoms with Crippen molar-refractivity contribution < 1.29 is 49.2 Å². The van der Waals surface area contributed by atoms with E-state index >= 15 is 0 Å². The molecule has 0 aromatic carbocycles. The van der Waals surface area contributed by atoms with Crippen LogP contribution in [-0.2, 0) is 33.9 Å². The first-order chi connectivity index (χ1) is 9.20. The van der Waals surface area contributed by atoms with Crippen molar-refractivity contribution in [1.82, 2.24) is 0 Å². The van der Waals surface area contributed by atoms with Crippen molar-refractivity contribution in [3.05, 3.63) is 24.3 Å². The van der Waals surface area contributed by atoms with E-state index in [1.165, 1.54) is 25.7 Å². The van der Waals surface area contributed by atoms with Gasteiger partial charge in [-0.05, 0) is 46.5 Å². The van der Waals surface area contributed by atoms with Gasteiger partial charge in [-0.3, -0.25) is 0 Å². The molecule has 0 unspecified atom stereocenters. The molecule has 1 radical (unpaired) electrons. The van der Waals surface area contributed by atoms with E-state index in [1.54, 1.807) is 0 Å². The molecule has 0 saturated carbocycles. The number of carbonyl (C=O) groups excluding carboxylic acids is 3. The fourth-order valence-corrected chi connectivity index (χ4v) is 0.856. The second-order valence-electron chi connectivity index (χ2n) is 3.57. The predicted octanol–water partition coefficient (Wildman–Crippen LogP) is -1.06. The molecule has 0 heterocycles. The molecular formula is C14H21O6Ru. The normalized spacial score (nSPS) is 11.2. The smallest absolute Gasteiger partial charge is 0.550 e. The second-order valence-corrected chi connectivity index (χ2v) is 3.57. The van der Waals surface area contributed by atoms with E-state index in [9.17, 15) is 0 Å². The number of aliphatic carboxylic acids is 3. The standard InChI is InChI=1S/C8H12.3C2H4O2.Ru/c1-2-4-6-8-7-5-3-1;3*1-2(3)4;/h1-2,7-8H,3-6H2;3*1H3,(H,3,4);/q;;;;+3/p-3. The SMILES string of the molecule is C1=CCCC=CCC1.CC(=O)[O-].CC(=O)[O-].CC(=O)[O-].[Ru+3]. The van der Waals surface area contributed by atoms with Crippen molar-refractivity contribution in [3.8, 4) is 0 Å². The molecule has 0 fully saturated rings. The van der Waals surface area contributed by atoms with Crippen LogP contribution >= 0.6 is 0 Å². The summed E-state index contributed by atoms with van der Waals surface area (Å²) in [5.41, 5.74) is 0. The average Bonchev–Trinajstić information content (AvgIpc) is 2.12. The van der Waals surface area contributed by atoms with Crippen LogP contribution in [0.3, 0.4) is 0 Å². The fourth-order valence-electron chi connectivity index (χ4n) is 0.856. The van der Waals surface area contributed by atoms with E-state index in [4.69, 9.17) is 29.7 Å². The summed E-state index contributed by atoms with van der Waals surface area (Å²) in [6, 6.07) is 0. The number of allylic oxidation sites excluding steroid dienone is 4. The molecule has 0 atom stereocenters. The number of carbonyl (C=O) groups is 3. The van der Waals surface area contributed by atoms with Gasteiger partial charge in [0.2, 0.25) is 0 Å². The van der Waals surface area contributed by atoms with E-state index < -0.39 is 17.9 Å². The molecule has 0 aromatic rings. The third-order valence-corrected chi connectivity index (χ3v) is 1.33. The summed E-state index contributed by atoms with van der Waals surface area (Å²) in [4.78, 5) is 26.7. The summed E-state index contributed by atoms with van der Waals surface area (Å²) in [6.45, 7) is 2.92. The third kappa shape index (κ3) is 119. The van der Waals surface area contributed by atoms with Crippen LogP contribution < -0.4 is 15.3 Å². The van der Waals surface area contributed by atoms with Gasteiger partial charge >= 0.3 is 19.5 Å². The summed E-state index contributed by atoms with van der Waals surface area (Å²) < 4.78 is 0. The van der Waals surface area contributed by atoms with Gasteiger partial charge in [-0.15, -0.1) is 0 Å². The van der Waals surface area contributed by atoms with Crippen LogP contribution in [0, 0.1) is 0 Å². The molecule has 21 heavy (non-hydrogen) atoms. The molecule has 1 aliphatic rings. The molecule has 0 aliphatic heterocycles. The maximum atomic E-state index is 8.89. The molecule has 0 bridgehead atoms. The van der Waals surface area contributed by atoms with Gasteiger partial charge < -0.3 is 29.7 Å². The Morgan fingerprint density at radius 3 is 0.810 bits per heavy atom. The summed E-state index contributed by atoms with van der Waals surface area (Å²) in [5.74, 6) is -3.25. The molecule has 0 spiro atoms. The van der Waals surface area contributed by atoms with Gasteiger partial charge in [0.05, 0.1) is 0 Å². The minimum Gasteiger partial charge on any atom is -0.550 e. The Kier molecular flexibility index (Phi) is 31.2.